The molecule has 2 aliphatic heterocycles. The molecule has 1 unspecified atom stereocenters. The lowest BCUT2D eigenvalue weighted by Crippen LogP contribution is -2.34. The second kappa shape index (κ2) is 9.36. The fourth-order valence-corrected chi connectivity index (χ4v) is 4.46. The van der Waals surface area contributed by atoms with Crippen molar-refractivity contribution >= 4 is 34.2 Å². The molecule has 2 atom stereocenters. The van der Waals surface area contributed by atoms with Crippen molar-refractivity contribution < 1.29 is 22.9 Å². The largest absolute Gasteiger partial charge is 0.442 e. The first kappa shape index (κ1) is 20.6. The van der Waals surface area contributed by atoms with Crippen LogP contribution in [0.1, 0.15) is 26.2 Å². The molecular formula is C19H26FN3O4S. The van der Waals surface area contributed by atoms with E-state index in [1.54, 1.807) is 12.1 Å². The van der Waals surface area contributed by atoms with Gasteiger partial charge >= 0.3 is 6.09 Å². The van der Waals surface area contributed by atoms with E-state index in [4.69, 9.17) is 4.74 Å². The Kier molecular flexibility index (Phi) is 6.88. The van der Waals surface area contributed by atoms with Crippen molar-refractivity contribution in [3.63, 3.8) is 0 Å². The number of hydrogen-bond donors (Lipinski definition) is 1. The summed E-state index contributed by atoms with van der Waals surface area (Å²) in [4.78, 5) is 27.0. The summed E-state index contributed by atoms with van der Waals surface area (Å²) in [6, 6.07) is 4.68. The molecule has 154 valence electrons. The third-order valence-corrected chi connectivity index (χ3v) is 6.23. The fourth-order valence-electron chi connectivity index (χ4n) is 3.39. The first-order valence-electron chi connectivity index (χ1n) is 9.62. The Hall–Kier alpha value is -2.16. The minimum absolute atomic E-state index is 0.0780. The lowest BCUT2D eigenvalue weighted by Gasteiger charge is -2.24. The summed E-state index contributed by atoms with van der Waals surface area (Å²) in [6.45, 7) is 3.63. The second-order valence-electron chi connectivity index (χ2n) is 6.99. The van der Waals surface area contributed by atoms with E-state index >= 15 is 0 Å². The molecular weight excluding hydrogens is 385 g/mol. The molecule has 1 aromatic rings. The predicted octanol–water partition coefficient (Wildman–Crippen LogP) is 2.03. The number of ether oxygens (including phenoxy) is 1. The average molecular weight is 411 g/mol. The molecule has 0 bridgehead atoms. The molecule has 2 heterocycles. The predicted molar refractivity (Wildman–Crippen MR) is 107 cm³/mol. The average Bonchev–Trinajstić information content (AvgIpc) is 2.90. The van der Waals surface area contributed by atoms with Crippen LogP contribution in [0.3, 0.4) is 0 Å². The van der Waals surface area contributed by atoms with Gasteiger partial charge < -0.3 is 15.0 Å². The molecule has 0 radical (unpaired) electrons. The number of anilines is 2. The Morgan fingerprint density at radius 2 is 2.18 bits per heavy atom. The molecule has 9 heteroatoms. The maximum absolute atomic E-state index is 14.7. The number of rotatable bonds is 6. The van der Waals surface area contributed by atoms with Crippen LogP contribution in [0.15, 0.2) is 18.2 Å². The highest BCUT2D eigenvalue weighted by molar-refractivity contribution is 7.85. The van der Waals surface area contributed by atoms with Gasteiger partial charge in [-0.05, 0) is 31.0 Å². The molecule has 7 nitrogen and oxygen atoms in total. The van der Waals surface area contributed by atoms with E-state index in [9.17, 15) is 18.2 Å². The van der Waals surface area contributed by atoms with Gasteiger partial charge in [0.1, 0.15) is 11.9 Å². The van der Waals surface area contributed by atoms with E-state index < -0.39 is 28.8 Å². The summed E-state index contributed by atoms with van der Waals surface area (Å²) in [5.74, 6) is 0.681. The molecule has 2 aliphatic rings. The van der Waals surface area contributed by atoms with Crippen molar-refractivity contribution in [1.82, 2.24) is 5.32 Å². The van der Waals surface area contributed by atoms with Gasteiger partial charge in [0.05, 0.1) is 24.5 Å². The van der Waals surface area contributed by atoms with Crippen LogP contribution in [0.2, 0.25) is 0 Å². The van der Waals surface area contributed by atoms with Gasteiger partial charge in [0, 0.05) is 41.8 Å². The van der Waals surface area contributed by atoms with Crippen LogP contribution in [-0.2, 0) is 20.3 Å². The zero-order chi connectivity index (χ0) is 20.1. The Morgan fingerprint density at radius 1 is 1.36 bits per heavy atom. The summed E-state index contributed by atoms with van der Waals surface area (Å²) in [7, 11) is -0.844. The van der Waals surface area contributed by atoms with Crippen LogP contribution in [0.25, 0.3) is 0 Å². The quantitative estimate of drug-likeness (QED) is 0.775. The summed E-state index contributed by atoms with van der Waals surface area (Å²) in [5.41, 5.74) is 0.880. The summed E-state index contributed by atoms with van der Waals surface area (Å²) >= 11 is 0. The zero-order valence-electron chi connectivity index (χ0n) is 16.0. The Bertz CT molecular complexity index is 761. The number of cyclic esters (lactones) is 1. The first-order valence-corrected chi connectivity index (χ1v) is 11.1. The molecule has 2 amide bonds. The standard InChI is InChI=1S/C19H26FN3O4S/c1-2-4-18(24)21-12-15-13-23(19(25)27-15)14-5-6-17(16(20)11-14)22-7-3-9-28(26)10-8-22/h5-6,11,15H,2-4,7-10,12-13H2,1H3,(H,21,24)/t15-,28?/m0/s1. The monoisotopic (exact) mass is 411 g/mol. The maximum atomic E-state index is 14.7. The van der Waals surface area contributed by atoms with E-state index in [-0.39, 0.29) is 19.0 Å². The van der Waals surface area contributed by atoms with E-state index in [1.807, 2.05) is 11.8 Å². The Balaban J connectivity index is 1.64. The highest BCUT2D eigenvalue weighted by Crippen LogP contribution is 2.28. The van der Waals surface area contributed by atoms with Gasteiger partial charge in [-0.3, -0.25) is 13.9 Å². The second-order valence-corrected chi connectivity index (χ2v) is 8.69. The number of amides is 2. The number of nitrogens with zero attached hydrogens (tertiary/aromatic N) is 2. The fraction of sp³-hybridized carbons (Fsp3) is 0.579. The third kappa shape index (κ3) is 5.01. The number of halogens is 1. The van der Waals surface area contributed by atoms with E-state index in [0.29, 0.717) is 42.4 Å². The van der Waals surface area contributed by atoms with Crippen molar-refractivity contribution in [1.29, 1.82) is 0 Å². The van der Waals surface area contributed by atoms with Gasteiger partial charge in [-0.15, -0.1) is 0 Å². The van der Waals surface area contributed by atoms with E-state index in [1.165, 1.54) is 11.0 Å². The highest BCUT2D eigenvalue weighted by atomic mass is 32.2. The Morgan fingerprint density at radius 3 is 2.93 bits per heavy atom. The van der Waals surface area contributed by atoms with Crippen LogP contribution < -0.4 is 15.1 Å². The third-order valence-electron chi connectivity index (χ3n) is 4.85. The number of benzene rings is 1. The molecule has 1 aromatic carbocycles. The summed E-state index contributed by atoms with van der Waals surface area (Å²) in [5, 5.41) is 2.74. The SMILES string of the molecule is CCCC(=O)NC[C@H]1CN(c2ccc(N3CCCS(=O)CC3)c(F)c2)C(=O)O1. The molecule has 2 fully saturated rings. The minimum atomic E-state index is -0.844. The van der Waals surface area contributed by atoms with Crippen molar-refractivity contribution in [3.8, 4) is 0 Å². The smallest absolute Gasteiger partial charge is 0.414 e. The van der Waals surface area contributed by atoms with Gasteiger partial charge in [0.25, 0.3) is 0 Å². The van der Waals surface area contributed by atoms with Crippen LogP contribution in [0, 0.1) is 5.82 Å². The number of carbonyl (C=O) groups is 2. The molecule has 0 saturated carbocycles. The summed E-state index contributed by atoms with van der Waals surface area (Å²) in [6.07, 6.45) is 0.934. The number of nitrogens with one attached hydrogen (secondary N) is 1. The van der Waals surface area contributed by atoms with Crippen molar-refractivity contribution in [3.05, 3.63) is 24.0 Å². The van der Waals surface area contributed by atoms with E-state index in [2.05, 4.69) is 5.32 Å². The Labute approximate surface area is 166 Å². The van der Waals surface area contributed by atoms with Gasteiger partial charge in [-0.1, -0.05) is 6.92 Å². The molecule has 3 rings (SSSR count). The van der Waals surface area contributed by atoms with Crippen LogP contribution in [0.5, 0.6) is 0 Å². The summed E-state index contributed by atoms with van der Waals surface area (Å²) < 4.78 is 31.7. The first-order chi connectivity index (χ1) is 13.5. The lowest BCUT2D eigenvalue weighted by molar-refractivity contribution is -0.121. The molecule has 1 N–H and O–H groups in total. The normalized spacial score (nSPS) is 22.7. The van der Waals surface area contributed by atoms with Crippen molar-refractivity contribution in [2.24, 2.45) is 0 Å². The van der Waals surface area contributed by atoms with Gasteiger partial charge in [0.2, 0.25) is 5.91 Å². The molecule has 28 heavy (non-hydrogen) atoms. The topological polar surface area (TPSA) is 79.0 Å². The van der Waals surface area contributed by atoms with Crippen molar-refractivity contribution in [2.45, 2.75) is 32.3 Å². The molecule has 2 saturated heterocycles. The van der Waals surface area contributed by atoms with Crippen LogP contribution in [0.4, 0.5) is 20.6 Å². The maximum Gasteiger partial charge on any atom is 0.414 e. The van der Waals surface area contributed by atoms with E-state index in [0.717, 1.165) is 12.8 Å². The van der Waals surface area contributed by atoms with Crippen molar-refractivity contribution in [2.75, 3.05) is 47.5 Å². The van der Waals surface area contributed by atoms with Crippen LogP contribution >= 0.6 is 0 Å². The van der Waals surface area contributed by atoms with Gasteiger partial charge in [0.15, 0.2) is 0 Å². The molecule has 0 aliphatic carbocycles. The molecule has 0 aromatic heterocycles. The lowest BCUT2D eigenvalue weighted by atomic mass is 10.2. The van der Waals surface area contributed by atoms with Crippen LogP contribution in [-0.4, -0.2) is 60.0 Å². The molecule has 0 spiro atoms. The highest BCUT2D eigenvalue weighted by Gasteiger charge is 2.33. The minimum Gasteiger partial charge on any atom is -0.442 e. The van der Waals surface area contributed by atoms with Gasteiger partial charge in [-0.25, -0.2) is 9.18 Å². The van der Waals surface area contributed by atoms with Gasteiger partial charge in [-0.2, -0.15) is 0 Å². The number of hydrogen-bond acceptors (Lipinski definition) is 5. The number of carbonyl (C=O) groups excluding carboxylic acids is 2. The zero-order valence-corrected chi connectivity index (χ0v) is 16.8.